The van der Waals surface area contributed by atoms with E-state index in [1.54, 1.807) is 19.1 Å². The number of hydrogen-bond donors (Lipinski definition) is 1. The minimum atomic E-state index is -0.577. The highest BCUT2D eigenvalue weighted by Crippen LogP contribution is 2.22. The second-order valence-electron chi connectivity index (χ2n) is 5.65. The van der Waals surface area contributed by atoms with Crippen LogP contribution in [-0.2, 0) is 4.79 Å². The van der Waals surface area contributed by atoms with E-state index in [0.29, 0.717) is 29.7 Å². The van der Waals surface area contributed by atoms with E-state index in [9.17, 15) is 4.79 Å². The van der Waals surface area contributed by atoms with Gasteiger partial charge in [0.15, 0.2) is 6.10 Å². The molecule has 1 atom stereocenters. The molecule has 0 unspecified atom stereocenters. The highest BCUT2D eigenvalue weighted by atomic mass is 35.5. The first-order valence-electron chi connectivity index (χ1n) is 7.85. The third-order valence-corrected chi connectivity index (χ3v) is 3.69. The Balaban J connectivity index is 1.76. The Hall–Kier alpha value is -2.20. The van der Waals surface area contributed by atoms with Gasteiger partial charge >= 0.3 is 0 Å². The summed E-state index contributed by atoms with van der Waals surface area (Å²) in [5.41, 5.74) is 2.21. The van der Waals surface area contributed by atoms with Crippen molar-refractivity contribution in [2.24, 2.45) is 0 Å². The van der Waals surface area contributed by atoms with E-state index in [0.717, 1.165) is 11.1 Å². The van der Waals surface area contributed by atoms with Crippen molar-refractivity contribution < 1.29 is 14.3 Å². The van der Waals surface area contributed by atoms with Crippen LogP contribution >= 0.6 is 11.6 Å². The van der Waals surface area contributed by atoms with E-state index in [1.807, 2.05) is 38.1 Å². The molecule has 0 aliphatic heterocycles. The molecule has 4 nitrogen and oxygen atoms in total. The average Bonchev–Trinajstić information content (AvgIpc) is 2.51. The fraction of sp³-hybridized carbons (Fsp3) is 0.316. The molecule has 0 bridgehead atoms. The number of hydrogen-bond acceptors (Lipinski definition) is 3. The van der Waals surface area contributed by atoms with Gasteiger partial charge in [0.05, 0.1) is 11.6 Å². The first kappa shape index (κ1) is 18.1. The Morgan fingerprint density at radius 3 is 2.50 bits per heavy atom. The van der Waals surface area contributed by atoms with Gasteiger partial charge in [-0.05, 0) is 56.2 Å². The molecule has 5 heteroatoms. The number of carbonyl (C=O) groups excluding carboxylic acids is 1. The van der Waals surface area contributed by atoms with Crippen LogP contribution in [0, 0.1) is 13.8 Å². The molecule has 24 heavy (non-hydrogen) atoms. The molecule has 0 saturated carbocycles. The lowest BCUT2D eigenvalue weighted by Gasteiger charge is -2.16. The Bertz CT molecular complexity index is 683. The molecule has 1 N–H and O–H groups in total. The summed E-state index contributed by atoms with van der Waals surface area (Å²) in [6.45, 7) is 6.44. The lowest BCUT2D eigenvalue weighted by molar-refractivity contribution is -0.127. The third kappa shape index (κ3) is 5.46. The van der Waals surface area contributed by atoms with Gasteiger partial charge in [-0.15, -0.1) is 0 Å². The zero-order chi connectivity index (χ0) is 17.5. The highest BCUT2D eigenvalue weighted by molar-refractivity contribution is 6.32. The van der Waals surface area contributed by atoms with Crippen LogP contribution < -0.4 is 14.8 Å². The fourth-order valence-electron chi connectivity index (χ4n) is 2.30. The fourth-order valence-corrected chi connectivity index (χ4v) is 2.49. The maximum atomic E-state index is 12.1. The van der Waals surface area contributed by atoms with E-state index < -0.39 is 6.10 Å². The lowest BCUT2D eigenvalue weighted by atomic mass is 10.1. The predicted octanol–water partition coefficient (Wildman–Crippen LogP) is 3.92. The summed E-state index contributed by atoms with van der Waals surface area (Å²) in [5, 5.41) is 3.34. The molecule has 128 valence electrons. The van der Waals surface area contributed by atoms with Crippen LogP contribution in [-0.4, -0.2) is 25.2 Å². The van der Waals surface area contributed by atoms with Crippen LogP contribution in [0.3, 0.4) is 0 Å². The molecule has 2 aromatic rings. The number of halogens is 1. The summed E-state index contributed by atoms with van der Waals surface area (Å²) in [5.74, 6) is 1.12. The summed E-state index contributed by atoms with van der Waals surface area (Å²) in [4.78, 5) is 12.1. The van der Waals surface area contributed by atoms with Gasteiger partial charge in [0, 0.05) is 0 Å². The number of amides is 1. The van der Waals surface area contributed by atoms with Crippen molar-refractivity contribution in [3.63, 3.8) is 0 Å². The Labute approximate surface area is 147 Å². The van der Waals surface area contributed by atoms with Crippen molar-refractivity contribution in [2.75, 3.05) is 13.2 Å². The van der Waals surface area contributed by atoms with Crippen molar-refractivity contribution in [3.8, 4) is 11.5 Å². The van der Waals surface area contributed by atoms with Crippen LogP contribution in [0.2, 0.25) is 5.02 Å². The summed E-state index contributed by atoms with van der Waals surface area (Å²) < 4.78 is 11.2. The quantitative estimate of drug-likeness (QED) is 0.772. The number of ether oxygens (including phenoxy) is 2. The summed E-state index contributed by atoms with van der Waals surface area (Å²) in [7, 11) is 0. The molecule has 0 heterocycles. The summed E-state index contributed by atoms with van der Waals surface area (Å²) in [6, 6.07) is 13.1. The van der Waals surface area contributed by atoms with Gasteiger partial charge in [-0.1, -0.05) is 29.8 Å². The monoisotopic (exact) mass is 347 g/mol. The molecular weight excluding hydrogens is 326 g/mol. The zero-order valence-electron chi connectivity index (χ0n) is 14.1. The van der Waals surface area contributed by atoms with Gasteiger partial charge in [-0.25, -0.2) is 0 Å². The maximum Gasteiger partial charge on any atom is 0.260 e. The van der Waals surface area contributed by atoms with Crippen molar-refractivity contribution in [1.29, 1.82) is 0 Å². The van der Waals surface area contributed by atoms with E-state index in [1.165, 1.54) is 0 Å². The third-order valence-electron chi connectivity index (χ3n) is 3.37. The smallest absolute Gasteiger partial charge is 0.260 e. The number of para-hydroxylation sites is 1. The van der Waals surface area contributed by atoms with Crippen molar-refractivity contribution in [2.45, 2.75) is 26.9 Å². The van der Waals surface area contributed by atoms with E-state index in [2.05, 4.69) is 11.4 Å². The molecule has 0 aromatic heterocycles. The van der Waals surface area contributed by atoms with E-state index in [-0.39, 0.29) is 5.91 Å². The number of carbonyl (C=O) groups is 1. The van der Waals surface area contributed by atoms with Crippen LogP contribution in [0.4, 0.5) is 0 Å². The zero-order valence-corrected chi connectivity index (χ0v) is 14.9. The van der Waals surface area contributed by atoms with Crippen molar-refractivity contribution in [1.82, 2.24) is 5.32 Å². The SMILES string of the molecule is Cc1cc(C)cc(O[C@H](C)C(=O)NCCOc2ccccc2Cl)c1. The number of benzene rings is 2. The molecule has 1 amide bonds. The largest absolute Gasteiger partial charge is 0.490 e. The van der Waals surface area contributed by atoms with Gasteiger partial charge in [0.1, 0.15) is 18.1 Å². The van der Waals surface area contributed by atoms with Crippen LogP contribution in [0.5, 0.6) is 11.5 Å². The predicted molar refractivity (Wildman–Crippen MR) is 96.0 cm³/mol. The van der Waals surface area contributed by atoms with Crippen LogP contribution in [0.15, 0.2) is 42.5 Å². The Morgan fingerprint density at radius 2 is 1.83 bits per heavy atom. The standard InChI is InChI=1S/C19H22ClNO3/c1-13-10-14(2)12-16(11-13)24-15(3)19(22)21-8-9-23-18-7-5-4-6-17(18)20/h4-7,10-12,15H,8-9H2,1-3H3,(H,21,22)/t15-/m1/s1. The molecule has 0 aliphatic carbocycles. The van der Waals surface area contributed by atoms with Crippen molar-refractivity contribution in [3.05, 3.63) is 58.6 Å². The van der Waals surface area contributed by atoms with E-state index in [4.69, 9.17) is 21.1 Å². The average molecular weight is 348 g/mol. The molecule has 0 fully saturated rings. The van der Waals surface area contributed by atoms with Crippen molar-refractivity contribution >= 4 is 17.5 Å². The highest BCUT2D eigenvalue weighted by Gasteiger charge is 2.14. The summed E-state index contributed by atoms with van der Waals surface area (Å²) in [6.07, 6.45) is -0.577. The molecule has 2 rings (SSSR count). The molecule has 2 aromatic carbocycles. The first-order chi connectivity index (χ1) is 11.5. The molecular formula is C19H22ClNO3. The topological polar surface area (TPSA) is 47.6 Å². The van der Waals surface area contributed by atoms with Crippen LogP contribution in [0.1, 0.15) is 18.1 Å². The second kappa shape index (κ2) is 8.60. The summed E-state index contributed by atoms with van der Waals surface area (Å²) >= 11 is 6.00. The number of rotatable bonds is 7. The Kier molecular flexibility index (Phi) is 6.50. The second-order valence-corrected chi connectivity index (χ2v) is 6.06. The van der Waals surface area contributed by atoms with Gasteiger partial charge in [0.2, 0.25) is 0 Å². The Morgan fingerprint density at radius 1 is 1.17 bits per heavy atom. The maximum absolute atomic E-state index is 12.1. The van der Waals surface area contributed by atoms with E-state index >= 15 is 0 Å². The van der Waals surface area contributed by atoms with Gasteiger partial charge in [0.25, 0.3) is 5.91 Å². The molecule has 0 aliphatic rings. The minimum Gasteiger partial charge on any atom is -0.490 e. The van der Waals surface area contributed by atoms with Gasteiger partial charge < -0.3 is 14.8 Å². The van der Waals surface area contributed by atoms with Gasteiger partial charge in [-0.3, -0.25) is 4.79 Å². The number of aryl methyl sites for hydroxylation is 2. The molecule has 0 saturated heterocycles. The number of nitrogens with one attached hydrogen (secondary N) is 1. The normalized spacial score (nSPS) is 11.7. The molecule has 0 radical (unpaired) electrons. The molecule has 0 spiro atoms. The minimum absolute atomic E-state index is 0.183. The van der Waals surface area contributed by atoms with Gasteiger partial charge in [-0.2, -0.15) is 0 Å². The van der Waals surface area contributed by atoms with Crippen LogP contribution in [0.25, 0.3) is 0 Å². The first-order valence-corrected chi connectivity index (χ1v) is 8.23. The lowest BCUT2D eigenvalue weighted by Crippen LogP contribution is -2.38.